The molecule has 12 heteroatoms. The van der Waals surface area contributed by atoms with Gasteiger partial charge in [-0.1, -0.05) is 24.3 Å². The van der Waals surface area contributed by atoms with Gasteiger partial charge in [0.25, 0.3) is 0 Å². The number of aromatic nitrogens is 4. The molecule has 0 saturated carbocycles. The van der Waals surface area contributed by atoms with Crippen molar-refractivity contribution in [1.82, 2.24) is 24.5 Å². The lowest BCUT2D eigenvalue weighted by Crippen LogP contribution is -2.57. The van der Waals surface area contributed by atoms with Crippen molar-refractivity contribution in [3.63, 3.8) is 0 Å². The summed E-state index contributed by atoms with van der Waals surface area (Å²) >= 11 is 2.28. The summed E-state index contributed by atoms with van der Waals surface area (Å²) in [5.74, 6) is 2.95. The fourth-order valence-corrected chi connectivity index (χ4v) is 6.42. The summed E-state index contributed by atoms with van der Waals surface area (Å²) in [6, 6.07) is 16.3. The maximum atomic E-state index is 13.1. The zero-order chi connectivity index (χ0) is 31.0. The average molecular weight is 712 g/mol. The molecule has 0 spiro atoms. The molecule has 11 nitrogen and oxygen atoms in total. The minimum absolute atomic E-state index is 0.0468. The maximum absolute atomic E-state index is 13.1. The number of fused-ring (bicyclic) bond motifs is 3. The normalized spacial score (nSPS) is 18.0. The van der Waals surface area contributed by atoms with Crippen molar-refractivity contribution in [3.05, 3.63) is 69.4 Å². The second-order valence-corrected chi connectivity index (χ2v) is 13.4. The summed E-state index contributed by atoms with van der Waals surface area (Å²) < 4.78 is 19.3. The van der Waals surface area contributed by atoms with E-state index in [0.29, 0.717) is 38.1 Å². The number of halogens is 1. The molecular formula is C32H38IN7O4. The molecule has 2 bridgehead atoms. The Morgan fingerprint density at radius 1 is 0.909 bits per heavy atom. The number of nitrogens with zero attached hydrogens (tertiary/aromatic N) is 7. The van der Waals surface area contributed by atoms with Gasteiger partial charge in [0.05, 0.1) is 36.1 Å². The summed E-state index contributed by atoms with van der Waals surface area (Å²) in [4.78, 5) is 29.6. The van der Waals surface area contributed by atoms with E-state index in [0.717, 1.165) is 44.7 Å². The van der Waals surface area contributed by atoms with E-state index in [1.807, 2.05) is 60.6 Å². The van der Waals surface area contributed by atoms with Crippen molar-refractivity contribution in [2.45, 2.75) is 64.4 Å². The van der Waals surface area contributed by atoms with Gasteiger partial charge >= 0.3 is 6.09 Å². The standard InChI is InChI=1S/C32H38IN7O4/c1-32(2,3)44-31(41)39-23-10-11-24(39)20-37(19-23)29-35-28-27(33)16-34-40(28)30(36-29)38(17-21-6-12-25(42-4)13-7-21)18-22-8-14-26(43-5)15-9-22/h6-9,12-16,23-24H,10-11,17-20H2,1-5H3. The monoisotopic (exact) mass is 711 g/mol. The fraction of sp³-hybridized carbons (Fsp3) is 0.438. The number of carbonyl (C=O) groups excluding carboxylic acids is 1. The number of anilines is 2. The van der Waals surface area contributed by atoms with Gasteiger partial charge in [0.2, 0.25) is 11.9 Å². The first kappa shape index (κ1) is 30.2. The zero-order valence-electron chi connectivity index (χ0n) is 25.7. The van der Waals surface area contributed by atoms with Gasteiger partial charge < -0.3 is 24.0 Å². The van der Waals surface area contributed by atoms with Gasteiger partial charge in [0.15, 0.2) is 5.65 Å². The Hall–Kier alpha value is -3.81. The average Bonchev–Trinajstić information content (AvgIpc) is 3.51. The van der Waals surface area contributed by atoms with E-state index in [2.05, 4.69) is 61.8 Å². The van der Waals surface area contributed by atoms with E-state index in [1.54, 1.807) is 14.2 Å². The van der Waals surface area contributed by atoms with Crippen LogP contribution in [0.15, 0.2) is 54.7 Å². The zero-order valence-corrected chi connectivity index (χ0v) is 27.9. The first-order chi connectivity index (χ1) is 21.1. The molecule has 2 aromatic carbocycles. The van der Waals surface area contributed by atoms with E-state index in [4.69, 9.17) is 24.2 Å². The molecule has 4 heterocycles. The highest BCUT2D eigenvalue weighted by molar-refractivity contribution is 14.1. The van der Waals surface area contributed by atoms with Crippen molar-refractivity contribution in [2.75, 3.05) is 37.1 Å². The Balaban J connectivity index is 1.35. The van der Waals surface area contributed by atoms with Gasteiger partial charge in [-0.2, -0.15) is 19.6 Å². The number of carbonyl (C=O) groups is 1. The van der Waals surface area contributed by atoms with E-state index in [-0.39, 0.29) is 18.2 Å². The Labute approximate surface area is 271 Å². The first-order valence-corrected chi connectivity index (χ1v) is 15.9. The van der Waals surface area contributed by atoms with Gasteiger partial charge in [-0.3, -0.25) is 4.90 Å². The molecule has 1 amide bonds. The molecule has 2 aromatic heterocycles. The highest BCUT2D eigenvalue weighted by atomic mass is 127. The summed E-state index contributed by atoms with van der Waals surface area (Å²) in [7, 11) is 3.34. The van der Waals surface area contributed by atoms with Crippen LogP contribution in [-0.4, -0.2) is 75.6 Å². The molecule has 2 aliphatic heterocycles. The minimum Gasteiger partial charge on any atom is -0.497 e. The van der Waals surface area contributed by atoms with Gasteiger partial charge in [-0.15, -0.1) is 0 Å². The minimum atomic E-state index is -0.535. The predicted molar refractivity (Wildman–Crippen MR) is 176 cm³/mol. The molecule has 44 heavy (non-hydrogen) atoms. The predicted octanol–water partition coefficient (Wildman–Crippen LogP) is 5.54. The number of ether oxygens (including phenoxy) is 3. The number of hydrogen-bond donors (Lipinski definition) is 0. The quantitative estimate of drug-likeness (QED) is 0.218. The van der Waals surface area contributed by atoms with Crippen LogP contribution in [0.4, 0.5) is 16.7 Å². The van der Waals surface area contributed by atoms with Gasteiger partial charge in [-0.25, -0.2) is 4.79 Å². The van der Waals surface area contributed by atoms with Crippen molar-refractivity contribution >= 4 is 46.2 Å². The highest BCUT2D eigenvalue weighted by Crippen LogP contribution is 2.34. The van der Waals surface area contributed by atoms with Crippen LogP contribution in [0.25, 0.3) is 5.65 Å². The van der Waals surface area contributed by atoms with E-state index in [1.165, 1.54) is 0 Å². The number of methoxy groups -OCH3 is 2. The molecule has 0 N–H and O–H groups in total. The third-order valence-electron chi connectivity index (χ3n) is 8.01. The Morgan fingerprint density at radius 3 is 1.95 bits per heavy atom. The van der Waals surface area contributed by atoms with Crippen molar-refractivity contribution in [1.29, 1.82) is 0 Å². The van der Waals surface area contributed by atoms with Crippen LogP contribution < -0.4 is 19.3 Å². The maximum Gasteiger partial charge on any atom is 0.410 e. The van der Waals surface area contributed by atoms with Crippen molar-refractivity contribution < 1.29 is 19.0 Å². The molecule has 2 aliphatic rings. The molecular weight excluding hydrogens is 673 g/mol. The van der Waals surface area contributed by atoms with Crippen LogP contribution in [-0.2, 0) is 17.8 Å². The molecule has 0 radical (unpaired) electrons. The van der Waals surface area contributed by atoms with Gasteiger partial charge in [0.1, 0.15) is 17.1 Å². The van der Waals surface area contributed by atoms with E-state index < -0.39 is 5.60 Å². The lowest BCUT2D eigenvalue weighted by molar-refractivity contribution is 0.0122. The fourth-order valence-electron chi connectivity index (χ4n) is 5.95. The van der Waals surface area contributed by atoms with Crippen LogP contribution in [0.5, 0.6) is 11.5 Å². The lowest BCUT2D eigenvalue weighted by atomic mass is 10.1. The molecule has 2 unspecified atom stereocenters. The smallest absolute Gasteiger partial charge is 0.410 e. The lowest BCUT2D eigenvalue weighted by Gasteiger charge is -2.41. The molecule has 2 atom stereocenters. The van der Waals surface area contributed by atoms with E-state index >= 15 is 0 Å². The Kier molecular flexibility index (Phi) is 8.44. The Morgan fingerprint density at radius 2 is 1.45 bits per heavy atom. The van der Waals surface area contributed by atoms with Crippen LogP contribution in [0.1, 0.15) is 44.7 Å². The van der Waals surface area contributed by atoms with Crippen LogP contribution in [0, 0.1) is 3.57 Å². The summed E-state index contributed by atoms with van der Waals surface area (Å²) in [5.41, 5.74) is 2.44. The first-order valence-electron chi connectivity index (χ1n) is 14.8. The molecule has 232 valence electrons. The summed E-state index contributed by atoms with van der Waals surface area (Å²) in [5, 5.41) is 4.69. The molecule has 6 rings (SSSR count). The SMILES string of the molecule is COc1ccc(CN(Cc2ccc(OC)cc2)c2nc(N3CC4CCC(C3)N4C(=O)OC(C)(C)C)nc3c(I)cnn23)cc1. The Bertz CT molecular complexity index is 1560. The van der Waals surface area contributed by atoms with Crippen LogP contribution in [0.3, 0.4) is 0 Å². The van der Waals surface area contributed by atoms with Gasteiger partial charge in [0, 0.05) is 26.2 Å². The number of benzene rings is 2. The second-order valence-electron chi connectivity index (χ2n) is 12.3. The number of piperazine rings is 1. The van der Waals surface area contributed by atoms with Crippen LogP contribution in [0.2, 0.25) is 0 Å². The van der Waals surface area contributed by atoms with Gasteiger partial charge in [-0.05, 0) is 91.6 Å². The van der Waals surface area contributed by atoms with E-state index in [9.17, 15) is 4.79 Å². The molecule has 2 fully saturated rings. The summed E-state index contributed by atoms with van der Waals surface area (Å²) in [6.07, 6.45) is 3.44. The largest absolute Gasteiger partial charge is 0.497 e. The number of amides is 1. The molecule has 0 aliphatic carbocycles. The number of rotatable bonds is 8. The molecule has 2 saturated heterocycles. The van der Waals surface area contributed by atoms with Crippen LogP contribution >= 0.6 is 22.6 Å². The number of hydrogen-bond acceptors (Lipinski definition) is 9. The topological polar surface area (TPSA) is 97.6 Å². The second kappa shape index (κ2) is 12.3. The molecule has 4 aromatic rings. The van der Waals surface area contributed by atoms with Crippen molar-refractivity contribution in [2.24, 2.45) is 0 Å². The third-order valence-corrected chi connectivity index (χ3v) is 8.77. The highest BCUT2D eigenvalue weighted by Gasteiger charge is 2.45. The summed E-state index contributed by atoms with van der Waals surface area (Å²) in [6.45, 7) is 8.20. The third kappa shape index (κ3) is 6.35. The van der Waals surface area contributed by atoms with Crippen molar-refractivity contribution in [3.8, 4) is 11.5 Å².